The van der Waals surface area contributed by atoms with Crippen molar-refractivity contribution in [2.45, 2.75) is 16.2 Å². The molecule has 0 saturated carbocycles. The van der Waals surface area contributed by atoms with Crippen LogP contribution >= 0.6 is 11.8 Å². The van der Waals surface area contributed by atoms with Crippen molar-refractivity contribution in [3.63, 3.8) is 0 Å². The molecule has 20 heavy (non-hydrogen) atoms. The van der Waals surface area contributed by atoms with E-state index in [2.05, 4.69) is 59.2 Å². The molecule has 0 aliphatic carbocycles. The third-order valence-electron chi connectivity index (χ3n) is 3.50. The van der Waals surface area contributed by atoms with Crippen LogP contribution in [0.1, 0.15) is 11.1 Å². The van der Waals surface area contributed by atoms with E-state index in [0.717, 1.165) is 32.6 Å². The number of piperazine rings is 1. The molecular weight excluding hydrogens is 264 g/mol. The third kappa shape index (κ3) is 3.42. The van der Waals surface area contributed by atoms with E-state index in [1.165, 1.54) is 20.9 Å². The number of hydrogen-bond donors (Lipinski definition) is 2. The summed E-state index contributed by atoms with van der Waals surface area (Å²) in [5.74, 6) is 0. The van der Waals surface area contributed by atoms with Crippen LogP contribution in [0, 0.1) is 0 Å². The van der Waals surface area contributed by atoms with Crippen molar-refractivity contribution in [2.24, 2.45) is 0 Å². The van der Waals surface area contributed by atoms with Crippen molar-refractivity contribution in [1.82, 2.24) is 10.6 Å². The molecule has 2 aliphatic rings. The zero-order chi connectivity index (χ0) is 13.6. The monoisotopic (exact) mass is 284 g/mol. The first-order valence-corrected chi connectivity index (χ1v) is 8.00. The summed E-state index contributed by atoms with van der Waals surface area (Å²) in [4.78, 5) is 2.82. The van der Waals surface area contributed by atoms with Gasteiger partial charge in [0.1, 0.15) is 0 Å². The minimum absolute atomic E-state index is 1.08. The van der Waals surface area contributed by atoms with Crippen LogP contribution in [-0.4, -0.2) is 26.2 Å². The molecule has 3 heteroatoms. The molecular formula is C17H20N2S. The van der Waals surface area contributed by atoms with E-state index in [1.54, 1.807) is 0 Å². The van der Waals surface area contributed by atoms with E-state index < -0.39 is 0 Å². The predicted molar refractivity (Wildman–Crippen MR) is 85.6 cm³/mol. The molecule has 4 rings (SSSR count). The Kier molecular flexibility index (Phi) is 4.74. The Morgan fingerprint density at radius 1 is 0.650 bits per heavy atom. The lowest BCUT2D eigenvalue weighted by Crippen LogP contribution is -2.39. The largest absolute Gasteiger partial charge is 0.314 e. The number of fused-ring (bicyclic) bond motifs is 2. The zero-order valence-corrected chi connectivity index (χ0v) is 12.4. The summed E-state index contributed by atoms with van der Waals surface area (Å²) in [5.41, 5.74) is 2.91. The maximum Gasteiger partial charge on any atom is 0.0157 e. The highest BCUT2D eigenvalue weighted by Crippen LogP contribution is 2.38. The molecule has 0 bridgehead atoms. The average Bonchev–Trinajstić information content (AvgIpc) is 2.55. The van der Waals surface area contributed by atoms with Crippen molar-refractivity contribution in [3.8, 4) is 0 Å². The fourth-order valence-corrected chi connectivity index (χ4v) is 3.50. The molecule has 2 nitrogen and oxygen atoms in total. The Labute approximate surface area is 125 Å². The Hall–Kier alpha value is -1.29. The lowest BCUT2D eigenvalue weighted by Gasteiger charge is -2.17. The minimum atomic E-state index is 1.08. The van der Waals surface area contributed by atoms with Gasteiger partial charge in [-0.2, -0.15) is 0 Å². The van der Waals surface area contributed by atoms with Gasteiger partial charge in [-0.25, -0.2) is 0 Å². The quantitative estimate of drug-likeness (QED) is 0.664. The van der Waals surface area contributed by atoms with Gasteiger partial charge < -0.3 is 10.6 Å². The Balaban J connectivity index is 0.000000170. The van der Waals surface area contributed by atoms with Gasteiger partial charge in [-0.1, -0.05) is 48.2 Å². The fourth-order valence-electron chi connectivity index (χ4n) is 2.43. The molecule has 2 heterocycles. The molecule has 104 valence electrons. The number of benzene rings is 2. The summed E-state index contributed by atoms with van der Waals surface area (Å²) < 4.78 is 0. The number of hydrogen-bond acceptors (Lipinski definition) is 3. The fraction of sp³-hybridized carbons (Fsp3) is 0.294. The van der Waals surface area contributed by atoms with E-state index in [-0.39, 0.29) is 0 Å². The van der Waals surface area contributed by atoms with E-state index >= 15 is 0 Å². The molecule has 1 saturated heterocycles. The van der Waals surface area contributed by atoms with Gasteiger partial charge in [0, 0.05) is 36.0 Å². The molecule has 0 radical (unpaired) electrons. The van der Waals surface area contributed by atoms with Gasteiger partial charge in [0.15, 0.2) is 0 Å². The highest BCUT2D eigenvalue weighted by Gasteiger charge is 2.13. The first-order chi connectivity index (χ1) is 9.93. The van der Waals surface area contributed by atoms with Gasteiger partial charge in [0.25, 0.3) is 0 Å². The first-order valence-electron chi connectivity index (χ1n) is 7.18. The van der Waals surface area contributed by atoms with E-state index in [9.17, 15) is 0 Å². The van der Waals surface area contributed by atoms with Crippen LogP contribution < -0.4 is 10.6 Å². The second-order valence-corrected chi connectivity index (χ2v) is 6.08. The smallest absolute Gasteiger partial charge is 0.0157 e. The molecule has 0 aromatic heterocycles. The summed E-state index contributed by atoms with van der Waals surface area (Å²) >= 11 is 1.88. The van der Waals surface area contributed by atoms with Crippen LogP contribution in [0.15, 0.2) is 58.3 Å². The molecule has 0 atom stereocenters. The molecule has 0 unspecified atom stereocenters. The summed E-state index contributed by atoms with van der Waals surface area (Å²) in [5, 5.41) is 6.44. The topological polar surface area (TPSA) is 24.1 Å². The van der Waals surface area contributed by atoms with Gasteiger partial charge in [-0.05, 0) is 29.7 Å². The van der Waals surface area contributed by atoms with Crippen LogP contribution in [0.25, 0.3) is 0 Å². The lowest BCUT2D eigenvalue weighted by atomic mass is 10.0. The molecule has 2 aliphatic heterocycles. The third-order valence-corrected chi connectivity index (χ3v) is 4.74. The van der Waals surface area contributed by atoms with Crippen molar-refractivity contribution < 1.29 is 0 Å². The normalized spacial score (nSPS) is 16.4. The SMILES string of the molecule is C1CNCCN1.c1ccc2c(c1)Cc1ccccc1S2. The molecule has 2 aromatic carbocycles. The summed E-state index contributed by atoms with van der Waals surface area (Å²) in [6.45, 7) is 4.56. The van der Waals surface area contributed by atoms with Crippen molar-refractivity contribution in [3.05, 3.63) is 59.7 Å². The van der Waals surface area contributed by atoms with Crippen LogP contribution in [0.4, 0.5) is 0 Å². The van der Waals surface area contributed by atoms with Gasteiger partial charge in [0.2, 0.25) is 0 Å². The first kappa shape index (κ1) is 13.7. The van der Waals surface area contributed by atoms with Crippen molar-refractivity contribution in [1.29, 1.82) is 0 Å². The summed E-state index contributed by atoms with van der Waals surface area (Å²) in [6.07, 6.45) is 1.08. The van der Waals surface area contributed by atoms with Crippen LogP contribution in [0.3, 0.4) is 0 Å². The minimum Gasteiger partial charge on any atom is -0.314 e. The van der Waals surface area contributed by atoms with E-state index in [1.807, 2.05) is 11.8 Å². The maximum absolute atomic E-state index is 3.22. The lowest BCUT2D eigenvalue weighted by molar-refractivity contribution is 0.534. The molecule has 2 N–H and O–H groups in total. The molecule has 0 amide bonds. The maximum atomic E-state index is 3.22. The summed E-state index contributed by atoms with van der Waals surface area (Å²) in [6, 6.07) is 17.3. The highest BCUT2D eigenvalue weighted by atomic mass is 32.2. The Morgan fingerprint density at radius 2 is 1.10 bits per heavy atom. The summed E-state index contributed by atoms with van der Waals surface area (Å²) in [7, 11) is 0. The predicted octanol–water partition coefficient (Wildman–Crippen LogP) is 2.92. The van der Waals surface area contributed by atoms with E-state index in [4.69, 9.17) is 0 Å². The second kappa shape index (κ2) is 6.93. The van der Waals surface area contributed by atoms with Gasteiger partial charge in [-0.3, -0.25) is 0 Å². The van der Waals surface area contributed by atoms with Crippen LogP contribution in [0.2, 0.25) is 0 Å². The van der Waals surface area contributed by atoms with Gasteiger partial charge in [-0.15, -0.1) is 0 Å². The Bertz CT molecular complexity index is 465. The zero-order valence-electron chi connectivity index (χ0n) is 11.6. The van der Waals surface area contributed by atoms with Crippen LogP contribution in [0.5, 0.6) is 0 Å². The molecule has 0 spiro atoms. The van der Waals surface area contributed by atoms with Gasteiger partial charge >= 0.3 is 0 Å². The highest BCUT2D eigenvalue weighted by molar-refractivity contribution is 7.99. The van der Waals surface area contributed by atoms with Crippen molar-refractivity contribution >= 4 is 11.8 Å². The molecule has 1 fully saturated rings. The van der Waals surface area contributed by atoms with Gasteiger partial charge in [0.05, 0.1) is 0 Å². The number of nitrogens with one attached hydrogen (secondary N) is 2. The van der Waals surface area contributed by atoms with E-state index in [0.29, 0.717) is 0 Å². The van der Waals surface area contributed by atoms with Crippen molar-refractivity contribution in [2.75, 3.05) is 26.2 Å². The second-order valence-electron chi connectivity index (χ2n) is 4.99. The molecule has 2 aromatic rings. The number of rotatable bonds is 0. The standard InChI is InChI=1S/C13H10S.C4H10N2/c1-3-7-12-10(5-1)9-11-6-2-4-8-13(11)14-12;1-2-6-4-3-5-1/h1-8H,9H2;5-6H,1-4H2. The van der Waals surface area contributed by atoms with Crippen LogP contribution in [-0.2, 0) is 6.42 Å². The Morgan fingerprint density at radius 3 is 1.55 bits per heavy atom. The average molecular weight is 284 g/mol.